The second-order valence-electron chi connectivity index (χ2n) is 5.01. The van der Waals surface area contributed by atoms with Crippen molar-refractivity contribution in [1.82, 2.24) is 14.9 Å². The Morgan fingerprint density at radius 1 is 1.32 bits per heavy atom. The minimum atomic E-state index is -1.11. The second kappa shape index (κ2) is 6.23. The monoisotopic (exact) mass is 319 g/mol. The number of carbonyl (C=O) groups excluding carboxylic acids is 1. The first-order valence-corrected chi connectivity index (χ1v) is 7.53. The molecule has 0 aliphatic heterocycles. The lowest BCUT2D eigenvalue weighted by molar-refractivity contribution is 0.0686. The van der Waals surface area contributed by atoms with Gasteiger partial charge >= 0.3 is 5.97 Å². The van der Waals surface area contributed by atoms with E-state index in [1.54, 1.807) is 23.3 Å². The van der Waals surface area contributed by atoms with E-state index in [0.29, 0.717) is 5.56 Å². The van der Waals surface area contributed by atoms with Crippen molar-refractivity contribution < 1.29 is 14.7 Å². The van der Waals surface area contributed by atoms with Gasteiger partial charge < -0.3 is 10.0 Å². The highest BCUT2D eigenvalue weighted by atomic mass is 32.1. The van der Waals surface area contributed by atoms with Crippen LogP contribution in [0.1, 0.15) is 49.4 Å². The highest BCUT2D eigenvalue weighted by molar-refractivity contribution is 7.11. The number of amides is 1. The molecule has 1 N–H and O–H groups in total. The van der Waals surface area contributed by atoms with Crippen molar-refractivity contribution in [1.29, 1.82) is 0 Å². The molecule has 0 aliphatic carbocycles. The van der Waals surface area contributed by atoms with Gasteiger partial charge in [0.25, 0.3) is 5.91 Å². The number of pyridine rings is 1. The number of aryl methyl sites for hydroxylation is 2. The smallest absolute Gasteiger partial charge is 0.354 e. The Kier molecular flexibility index (Phi) is 4.56. The van der Waals surface area contributed by atoms with Crippen LogP contribution in [0.5, 0.6) is 0 Å². The Labute approximate surface area is 132 Å². The average molecular weight is 319 g/mol. The van der Waals surface area contributed by atoms with Gasteiger partial charge in [0, 0.05) is 18.1 Å². The highest BCUT2D eigenvalue weighted by Gasteiger charge is 2.22. The molecule has 1 unspecified atom stereocenters. The predicted molar refractivity (Wildman–Crippen MR) is 83.3 cm³/mol. The normalized spacial score (nSPS) is 12.0. The molecular weight excluding hydrogens is 302 g/mol. The number of rotatable bonds is 4. The maximum atomic E-state index is 12.5. The quantitative estimate of drug-likeness (QED) is 0.936. The molecule has 0 spiro atoms. The van der Waals surface area contributed by atoms with Crippen LogP contribution in [0, 0.1) is 13.8 Å². The molecule has 0 aliphatic rings. The fourth-order valence-corrected chi connectivity index (χ4v) is 3.16. The van der Waals surface area contributed by atoms with Gasteiger partial charge in [-0.15, -0.1) is 11.3 Å². The van der Waals surface area contributed by atoms with E-state index in [1.165, 1.54) is 18.3 Å². The Balaban J connectivity index is 2.21. The van der Waals surface area contributed by atoms with Crippen LogP contribution >= 0.6 is 11.3 Å². The summed E-state index contributed by atoms with van der Waals surface area (Å²) in [5.74, 6) is -1.32. The molecule has 7 heteroatoms. The van der Waals surface area contributed by atoms with E-state index in [-0.39, 0.29) is 17.6 Å². The maximum absolute atomic E-state index is 12.5. The fourth-order valence-electron chi connectivity index (χ4n) is 2.14. The molecule has 2 rings (SSSR count). The van der Waals surface area contributed by atoms with Crippen LogP contribution in [0.2, 0.25) is 0 Å². The topological polar surface area (TPSA) is 83.4 Å². The van der Waals surface area contributed by atoms with E-state index in [2.05, 4.69) is 9.97 Å². The molecule has 22 heavy (non-hydrogen) atoms. The first-order chi connectivity index (χ1) is 10.3. The molecule has 2 aromatic heterocycles. The van der Waals surface area contributed by atoms with Crippen molar-refractivity contribution in [2.75, 3.05) is 7.05 Å². The molecule has 0 saturated carbocycles. The summed E-state index contributed by atoms with van der Waals surface area (Å²) < 4.78 is 0. The SMILES string of the molecule is Cc1nc(C)c(C(C)N(C)C(=O)c2ccc(C(=O)O)nc2)s1. The van der Waals surface area contributed by atoms with Gasteiger partial charge in [-0.25, -0.2) is 14.8 Å². The molecule has 0 saturated heterocycles. The molecule has 2 aromatic rings. The highest BCUT2D eigenvalue weighted by Crippen LogP contribution is 2.28. The van der Waals surface area contributed by atoms with Crippen molar-refractivity contribution in [3.8, 4) is 0 Å². The van der Waals surface area contributed by atoms with Crippen molar-refractivity contribution in [2.24, 2.45) is 0 Å². The van der Waals surface area contributed by atoms with Gasteiger partial charge in [0.1, 0.15) is 5.69 Å². The van der Waals surface area contributed by atoms with Gasteiger partial charge in [0.05, 0.1) is 22.3 Å². The third kappa shape index (κ3) is 3.14. The summed E-state index contributed by atoms with van der Waals surface area (Å²) in [4.78, 5) is 34.1. The molecule has 116 valence electrons. The van der Waals surface area contributed by atoms with Crippen molar-refractivity contribution >= 4 is 23.2 Å². The van der Waals surface area contributed by atoms with E-state index < -0.39 is 5.97 Å². The number of aromatic carboxylic acids is 1. The van der Waals surface area contributed by atoms with Gasteiger partial charge in [0.15, 0.2) is 0 Å². The zero-order valence-corrected chi connectivity index (χ0v) is 13.6. The second-order valence-corrected chi connectivity index (χ2v) is 6.25. The fraction of sp³-hybridized carbons (Fsp3) is 0.333. The lowest BCUT2D eigenvalue weighted by atomic mass is 10.1. The number of carboxylic acid groups (broad SMARTS) is 1. The molecule has 2 heterocycles. The van der Waals surface area contributed by atoms with Crippen LogP contribution in [0.15, 0.2) is 18.3 Å². The lowest BCUT2D eigenvalue weighted by Crippen LogP contribution is -2.29. The van der Waals surface area contributed by atoms with Crippen LogP contribution in [0.25, 0.3) is 0 Å². The summed E-state index contributed by atoms with van der Waals surface area (Å²) in [7, 11) is 1.71. The number of hydrogen-bond donors (Lipinski definition) is 1. The minimum Gasteiger partial charge on any atom is -0.477 e. The van der Waals surface area contributed by atoms with Crippen LogP contribution in [0.4, 0.5) is 0 Å². The molecular formula is C15H17N3O3S. The van der Waals surface area contributed by atoms with Crippen molar-refractivity contribution in [3.05, 3.63) is 45.2 Å². The van der Waals surface area contributed by atoms with Gasteiger partial charge in [-0.05, 0) is 32.9 Å². The number of carboxylic acids is 1. The molecule has 0 bridgehead atoms. The Hall–Kier alpha value is -2.28. The van der Waals surface area contributed by atoms with Crippen LogP contribution < -0.4 is 0 Å². The van der Waals surface area contributed by atoms with Gasteiger partial charge in [-0.1, -0.05) is 0 Å². The third-order valence-electron chi connectivity index (χ3n) is 3.45. The zero-order chi connectivity index (χ0) is 16.4. The average Bonchev–Trinajstić information content (AvgIpc) is 2.83. The van der Waals surface area contributed by atoms with Gasteiger partial charge in [0.2, 0.25) is 0 Å². The summed E-state index contributed by atoms with van der Waals surface area (Å²) in [5.41, 5.74) is 1.20. The minimum absolute atomic E-state index is 0.0822. The predicted octanol–water partition coefficient (Wildman–Crippen LogP) is 2.69. The summed E-state index contributed by atoms with van der Waals surface area (Å²) in [6, 6.07) is 2.70. The summed E-state index contributed by atoms with van der Waals surface area (Å²) in [6.07, 6.45) is 1.29. The molecule has 0 radical (unpaired) electrons. The Bertz CT molecular complexity index is 709. The number of carbonyl (C=O) groups is 2. The summed E-state index contributed by atoms with van der Waals surface area (Å²) in [6.45, 7) is 5.80. The lowest BCUT2D eigenvalue weighted by Gasteiger charge is -2.24. The Morgan fingerprint density at radius 2 is 2.00 bits per heavy atom. The van der Waals surface area contributed by atoms with Crippen molar-refractivity contribution in [3.63, 3.8) is 0 Å². The van der Waals surface area contributed by atoms with E-state index in [1.807, 2.05) is 20.8 Å². The number of nitrogens with zero attached hydrogens (tertiary/aromatic N) is 3. The first kappa shape index (κ1) is 16.1. The Morgan fingerprint density at radius 3 is 2.45 bits per heavy atom. The third-order valence-corrected chi connectivity index (χ3v) is 4.69. The largest absolute Gasteiger partial charge is 0.477 e. The van der Waals surface area contributed by atoms with Crippen molar-refractivity contribution in [2.45, 2.75) is 26.8 Å². The first-order valence-electron chi connectivity index (χ1n) is 6.71. The summed E-state index contributed by atoms with van der Waals surface area (Å²) >= 11 is 1.57. The molecule has 0 fully saturated rings. The van der Waals surface area contributed by atoms with E-state index in [0.717, 1.165) is 15.6 Å². The van der Waals surface area contributed by atoms with E-state index >= 15 is 0 Å². The number of hydrogen-bond acceptors (Lipinski definition) is 5. The molecule has 1 amide bonds. The van der Waals surface area contributed by atoms with Gasteiger partial charge in [-0.2, -0.15) is 0 Å². The standard InChI is InChI=1S/C15H17N3O3S/c1-8-13(22-10(3)17-8)9(2)18(4)14(19)11-5-6-12(15(20)21)16-7-11/h5-7,9H,1-4H3,(H,20,21). The molecule has 6 nitrogen and oxygen atoms in total. The summed E-state index contributed by atoms with van der Waals surface area (Å²) in [5, 5.41) is 9.80. The molecule has 1 atom stereocenters. The number of thiazole rings is 1. The molecule has 0 aromatic carbocycles. The van der Waals surface area contributed by atoms with Crippen LogP contribution in [-0.4, -0.2) is 38.9 Å². The maximum Gasteiger partial charge on any atom is 0.354 e. The van der Waals surface area contributed by atoms with Crippen LogP contribution in [-0.2, 0) is 0 Å². The zero-order valence-electron chi connectivity index (χ0n) is 12.8. The van der Waals surface area contributed by atoms with Gasteiger partial charge in [-0.3, -0.25) is 4.79 Å². The van der Waals surface area contributed by atoms with E-state index in [9.17, 15) is 9.59 Å². The number of aromatic nitrogens is 2. The van der Waals surface area contributed by atoms with Crippen LogP contribution in [0.3, 0.4) is 0 Å². The van der Waals surface area contributed by atoms with E-state index in [4.69, 9.17) is 5.11 Å².